The molecule has 0 spiro atoms. The second-order valence-corrected chi connectivity index (χ2v) is 6.87. The van der Waals surface area contributed by atoms with E-state index in [0.29, 0.717) is 31.4 Å². The van der Waals surface area contributed by atoms with Gasteiger partial charge in [0.15, 0.2) is 0 Å². The molecular formula is C23H29N3O2. The maximum Gasteiger partial charge on any atom is 0.245 e. The molecule has 28 heavy (non-hydrogen) atoms. The molecule has 0 saturated carbocycles. The third-order valence-electron chi connectivity index (χ3n) is 4.66. The molecule has 5 heteroatoms. The van der Waals surface area contributed by atoms with E-state index in [9.17, 15) is 0 Å². The first-order valence-corrected chi connectivity index (χ1v) is 10.1. The molecular weight excluding hydrogens is 350 g/mol. The van der Waals surface area contributed by atoms with Gasteiger partial charge in [-0.05, 0) is 48.6 Å². The van der Waals surface area contributed by atoms with Gasteiger partial charge in [0.2, 0.25) is 11.8 Å². The van der Waals surface area contributed by atoms with Crippen molar-refractivity contribution in [2.24, 2.45) is 5.73 Å². The summed E-state index contributed by atoms with van der Waals surface area (Å²) in [5.41, 5.74) is 10.5. The summed E-state index contributed by atoms with van der Waals surface area (Å²) < 4.78 is 11.7. The van der Waals surface area contributed by atoms with Crippen LogP contribution in [0.25, 0.3) is 11.1 Å². The molecule has 1 atom stereocenters. The molecule has 2 N–H and O–H groups in total. The molecule has 1 heterocycles. The fraction of sp³-hybridized carbons (Fsp3) is 0.391. The Balaban J connectivity index is 1.73. The Kier molecular flexibility index (Phi) is 7.34. The van der Waals surface area contributed by atoms with Gasteiger partial charge in [0.25, 0.3) is 0 Å². The van der Waals surface area contributed by atoms with Gasteiger partial charge < -0.3 is 14.9 Å². The second-order valence-electron chi connectivity index (χ2n) is 6.87. The van der Waals surface area contributed by atoms with Crippen molar-refractivity contribution < 1.29 is 9.15 Å². The van der Waals surface area contributed by atoms with Gasteiger partial charge in [-0.1, -0.05) is 55.5 Å². The van der Waals surface area contributed by atoms with Gasteiger partial charge in [-0.25, -0.2) is 0 Å². The zero-order valence-electron chi connectivity index (χ0n) is 16.7. The number of ether oxygens (including phenoxy) is 1. The van der Waals surface area contributed by atoms with E-state index < -0.39 is 0 Å². The molecule has 3 aromatic rings. The first-order chi connectivity index (χ1) is 13.7. The largest absolute Gasteiger partial charge is 0.422 e. The minimum absolute atomic E-state index is 0.221. The van der Waals surface area contributed by atoms with Crippen LogP contribution in [0.3, 0.4) is 0 Å². The standard InChI is InChI=1S/C23H29N3O2/c1-3-6-22-25-26-23(28-22)21(27-4-2)16-18-9-11-19(12-10-18)20-8-5-7-17(15-20)13-14-24/h5,7-12,15,21H,3-4,6,13-14,16,24H2,1-2H3. The molecule has 0 bridgehead atoms. The quantitative estimate of drug-likeness (QED) is 0.561. The van der Waals surface area contributed by atoms with Crippen LogP contribution in [0.2, 0.25) is 0 Å². The average Bonchev–Trinajstić information content (AvgIpc) is 3.18. The van der Waals surface area contributed by atoms with Crippen LogP contribution in [0.1, 0.15) is 49.3 Å². The second kappa shape index (κ2) is 10.2. The SMILES string of the molecule is CCCc1nnc(C(Cc2ccc(-c3cccc(CCN)c3)cc2)OCC)o1. The number of aromatic nitrogens is 2. The van der Waals surface area contributed by atoms with Crippen molar-refractivity contribution in [3.8, 4) is 11.1 Å². The Hall–Kier alpha value is -2.50. The minimum atomic E-state index is -0.221. The zero-order valence-corrected chi connectivity index (χ0v) is 16.7. The molecule has 0 radical (unpaired) electrons. The number of hydrogen-bond donors (Lipinski definition) is 1. The van der Waals surface area contributed by atoms with Crippen LogP contribution in [0, 0.1) is 0 Å². The Morgan fingerprint density at radius 2 is 1.79 bits per heavy atom. The number of aryl methyl sites for hydroxylation is 1. The Labute approximate surface area is 166 Å². The number of nitrogens with two attached hydrogens (primary N) is 1. The summed E-state index contributed by atoms with van der Waals surface area (Å²) in [5.74, 6) is 1.23. The van der Waals surface area contributed by atoms with Gasteiger partial charge in [-0.15, -0.1) is 10.2 Å². The van der Waals surface area contributed by atoms with Crippen molar-refractivity contribution in [3.05, 3.63) is 71.4 Å². The van der Waals surface area contributed by atoms with Crippen LogP contribution in [0.15, 0.2) is 52.9 Å². The van der Waals surface area contributed by atoms with Gasteiger partial charge >= 0.3 is 0 Å². The lowest BCUT2D eigenvalue weighted by Crippen LogP contribution is -2.08. The van der Waals surface area contributed by atoms with Crippen LogP contribution in [0.5, 0.6) is 0 Å². The normalized spacial score (nSPS) is 12.2. The predicted octanol–water partition coefficient (Wildman–Crippen LogP) is 4.51. The summed E-state index contributed by atoms with van der Waals surface area (Å²) in [4.78, 5) is 0. The topological polar surface area (TPSA) is 74.2 Å². The van der Waals surface area contributed by atoms with E-state index >= 15 is 0 Å². The van der Waals surface area contributed by atoms with Crippen LogP contribution < -0.4 is 5.73 Å². The lowest BCUT2D eigenvalue weighted by atomic mass is 9.99. The molecule has 0 saturated heterocycles. The van der Waals surface area contributed by atoms with E-state index in [4.69, 9.17) is 14.9 Å². The average molecular weight is 380 g/mol. The van der Waals surface area contributed by atoms with Gasteiger partial charge in [-0.3, -0.25) is 0 Å². The molecule has 3 rings (SSSR count). The van der Waals surface area contributed by atoms with Crippen molar-refractivity contribution in [1.82, 2.24) is 10.2 Å². The summed E-state index contributed by atoms with van der Waals surface area (Å²) in [6.45, 7) is 5.34. The molecule has 5 nitrogen and oxygen atoms in total. The molecule has 1 aromatic heterocycles. The number of benzene rings is 2. The third-order valence-corrected chi connectivity index (χ3v) is 4.66. The van der Waals surface area contributed by atoms with E-state index in [0.717, 1.165) is 19.3 Å². The van der Waals surface area contributed by atoms with Gasteiger partial charge in [0, 0.05) is 19.4 Å². The molecule has 148 valence electrons. The summed E-state index contributed by atoms with van der Waals surface area (Å²) in [5, 5.41) is 8.31. The fourth-order valence-electron chi connectivity index (χ4n) is 3.25. The summed E-state index contributed by atoms with van der Waals surface area (Å²) >= 11 is 0. The molecule has 0 fully saturated rings. The molecule has 0 aliphatic carbocycles. The summed E-state index contributed by atoms with van der Waals surface area (Å²) in [6.07, 6.45) is 3.15. The number of nitrogens with zero attached hydrogens (tertiary/aromatic N) is 2. The van der Waals surface area contributed by atoms with Gasteiger partial charge in [-0.2, -0.15) is 0 Å². The van der Waals surface area contributed by atoms with Crippen LogP contribution in [-0.4, -0.2) is 23.3 Å². The maximum absolute atomic E-state index is 5.87. The predicted molar refractivity (Wildman–Crippen MR) is 111 cm³/mol. The van der Waals surface area contributed by atoms with Crippen molar-refractivity contribution in [2.45, 2.75) is 45.6 Å². The highest BCUT2D eigenvalue weighted by Gasteiger charge is 2.19. The number of rotatable bonds is 10. The van der Waals surface area contributed by atoms with Crippen molar-refractivity contribution >= 4 is 0 Å². The van der Waals surface area contributed by atoms with Crippen molar-refractivity contribution in [1.29, 1.82) is 0 Å². The minimum Gasteiger partial charge on any atom is -0.422 e. The van der Waals surface area contributed by atoms with Crippen LogP contribution in [-0.2, 0) is 24.0 Å². The molecule has 1 unspecified atom stereocenters. The van der Waals surface area contributed by atoms with Crippen molar-refractivity contribution in [2.75, 3.05) is 13.2 Å². The molecule has 2 aromatic carbocycles. The highest BCUT2D eigenvalue weighted by Crippen LogP contribution is 2.25. The first-order valence-electron chi connectivity index (χ1n) is 10.1. The Morgan fingerprint density at radius 3 is 2.50 bits per heavy atom. The van der Waals surface area contributed by atoms with E-state index in [1.807, 2.05) is 6.92 Å². The first kappa shape index (κ1) is 20.2. The third kappa shape index (κ3) is 5.27. The van der Waals surface area contributed by atoms with Crippen LogP contribution >= 0.6 is 0 Å². The van der Waals surface area contributed by atoms with E-state index in [1.165, 1.54) is 22.3 Å². The molecule has 0 aliphatic heterocycles. The zero-order chi connectivity index (χ0) is 19.8. The van der Waals surface area contributed by atoms with Crippen molar-refractivity contribution in [3.63, 3.8) is 0 Å². The lowest BCUT2D eigenvalue weighted by Gasteiger charge is -2.13. The molecule has 0 amide bonds. The Morgan fingerprint density at radius 1 is 0.964 bits per heavy atom. The Bertz CT molecular complexity index is 858. The molecule has 0 aliphatic rings. The highest BCUT2D eigenvalue weighted by molar-refractivity contribution is 5.64. The summed E-state index contributed by atoms with van der Waals surface area (Å²) in [6, 6.07) is 17.1. The fourth-order valence-corrected chi connectivity index (χ4v) is 3.25. The number of hydrogen-bond acceptors (Lipinski definition) is 5. The van der Waals surface area contributed by atoms with E-state index in [-0.39, 0.29) is 6.10 Å². The maximum atomic E-state index is 5.87. The smallest absolute Gasteiger partial charge is 0.245 e. The highest BCUT2D eigenvalue weighted by atomic mass is 16.5. The van der Waals surface area contributed by atoms with Gasteiger partial charge in [0.05, 0.1) is 0 Å². The summed E-state index contributed by atoms with van der Waals surface area (Å²) in [7, 11) is 0. The van der Waals surface area contributed by atoms with Crippen LogP contribution in [0.4, 0.5) is 0 Å². The van der Waals surface area contributed by atoms with Gasteiger partial charge in [0.1, 0.15) is 6.10 Å². The monoisotopic (exact) mass is 379 g/mol. The van der Waals surface area contributed by atoms with E-state index in [2.05, 4.69) is 65.7 Å². The van der Waals surface area contributed by atoms with E-state index in [1.54, 1.807) is 0 Å². The lowest BCUT2D eigenvalue weighted by molar-refractivity contribution is 0.0422.